The van der Waals surface area contributed by atoms with Crippen molar-refractivity contribution >= 4 is 11.2 Å². The van der Waals surface area contributed by atoms with Crippen LogP contribution in [-0.4, -0.2) is 32.6 Å². The van der Waals surface area contributed by atoms with Crippen molar-refractivity contribution in [3.63, 3.8) is 0 Å². The fourth-order valence-electron chi connectivity index (χ4n) is 3.68. The maximum atomic E-state index is 13.4. The first-order chi connectivity index (χ1) is 13.4. The SMILES string of the molecule is O=c1c(C2CCNCC2)cc2nccnc2n1Cc1cnccc1C(F)(F)F. The summed E-state index contributed by atoms with van der Waals surface area (Å²) in [6.45, 7) is 1.32. The van der Waals surface area contributed by atoms with Crippen LogP contribution in [0.1, 0.15) is 35.4 Å². The Kier molecular flexibility index (Phi) is 4.84. The Morgan fingerprint density at radius 3 is 2.64 bits per heavy atom. The van der Waals surface area contributed by atoms with Crippen molar-refractivity contribution < 1.29 is 13.2 Å². The summed E-state index contributed by atoms with van der Waals surface area (Å²) in [5, 5.41) is 3.25. The molecule has 0 atom stereocenters. The number of aromatic nitrogens is 4. The number of rotatable bonds is 3. The van der Waals surface area contributed by atoms with Gasteiger partial charge < -0.3 is 5.32 Å². The van der Waals surface area contributed by atoms with Crippen LogP contribution >= 0.6 is 0 Å². The van der Waals surface area contributed by atoms with Crippen molar-refractivity contribution in [2.24, 2.45) is 0 Å². The lowest BCUT2D eigenvalue weighted by molar-refractivity contribution is -0.138. The molecule has 28 heavy (non-hydrogen) atoms. The number of nitrogens with zero attached hydrogens (tertiary/aromatic N) is 4. The summed E-state index contributed by atoms with van der Waals surface area (Å²) in [7, 11) is 0. The first kappa shape index (κ1) is 18.5. The van der Waals surface area contributed by atoms with Crippen LogP contribution in [-0.2, 0) is 12.7 Å². The largest absolute Gasteiger partial charge is 0.416 e. The highest BCUT2D eigenvalue weighted by molar-refractivity contribution is 5.70. The molecule has 0 amide bonds. The zero-order chi connectivity index (χ0) is 19.7. The summed E-state index contributed by atoms with van der Waals surface area (Å²) < 4.78 is 41.4. The van der Waals surface area contributed by atoms with Gasteiger partial charge in [-0.25, -0.2) is 4.98 Å². The van der Waals surface area contributed by atoms with Crippen molar-refractivity contribution in [2.75, 3.05) is 13.1 Å². The third-order valence-electron chi connectivity index (χ3n) is 5.06. The van der Waals surface area contributed by atoms with Gasteiger partial charge in [0, 0.05) is 35.9 Å². The number of halogens is 3. The molecular weight excluding hydrogens is 371 g/mol. The molecule has 0 unspecified atom stereocenters. The average Bonchev–Trinajstić information content (AvgIpc) is 2.70. The Morgan fingerprint density at radius 1 is 1.14 bits per heavy atom. The number of hydrogen-bond acceptors (Lipinski definition) is 5. The van der Waals surface area contributed by atoms with E-state index in [4.69, 9.17) is 0 Å². The van der Waals surface area contributed by atoms with Gasteiger partial charge in [0.25, 0.3) is 5.56 Å². The van der Waals surface area contributed by atoms with Gasteiger partial charge in [0.05, 0.1) is 12.1 Å². The summed E-state index contributed by atoms with van der Waals surface area (Å²) >= 11 is 0. The lowest BCUT2D eigenvalue weighted by atomic mass is 9.91. The molecule has 4 heterocycles. The van der Waals surface area contributed by atoms with E-state index in [1.807, 2.05) is 0 Å². The second kappa shape index (κ2) is 7.31. The van der Waals surface area contributed by atoms with Crippen LogP contribution in [0.4, 0.5) is 13.2 Å². The second-order valence-electron chi connectivity index (χ2n) is 6.81. The summed E-state index contributed by atoms with van der Waals surface area (Å²) in [4.78, 5) is 25.5. The molecule has 0 saturated carbocycles. The van der Waals surface area contributed by atoms with Crippen LogP contribution in [0.3, 0.4) is 0 Å². The molecule has 1 fully saturated rings. The van der Waals surface area contributed by atoms with E-state index in [1.54, 1.807) is 6.07 Å². The molecule has 9 heteroatoms. The van der Waals surface area contributed by atoms with Crippen LogP contribution in [0.5, 0.6) is 0 Å². The van der Waals surface area contributed by atoms with E-state index in [1.165, 1.54) is 17.0 Å². The highest BCUT2D eigenvalue weighted by atomic mass is 19.4. The molecule has 1 aliphatic rings. The molecule has 1 N–H and O–H groups in total. The maximum absolute atomic E-state index is 13.4. The molecule has 1 aliphatic heterocycles. The van der Waals surface area contributed by atoms with Gasteiger partial charge in [-0.1, -0.05) is 0 Å². The smallest absolute Gasteiger partial charge is 0.317 e. The molecule has 4 rings (SSSR count). The summed E-state index contributed by atoms with van der Waals surface area (Å²) in [5.74, 6) is 0.0439. The first-order valence-electron chi connectivity index (χ1n) is 9.00. The minimum Gasteiger partial charge on any atom is -0.317 e. The highest BCUT2D eigenvalue weighted by Crippen LogP contribution is 2.32. The monoisotopic (exact) mass is 389 g/mol. The van der Waals surface area contributed by atoms with Crippen LogP contribution in [0.25, 0.3) is 11.2 Å². The van der Waals surface area contributed by atoms with Gasteiger partial charge in [-0.05, 0) is 44.0 Å². The van der Waals surface area contributed by atoms with Crippen molar-refractivity contribution in [3.8, 4) is 0 Å². The molecule has 6 nitrogen and oxygen atoms in total. The predicted octanol–water partition coefficient (Wildman–Crippen LogP) is 2.72. The van der Waals surface area contributed by atoms with E-state index in [0.717, 1.165) is 44.4 Å². The molecule has 0 bridgehead atoms. The predicted molar refractivity (Wildman–Crippen MR) is 97.0 cm³/mol. The molecule has 3 aromatic rings. The lowest BCUT2D eigenvalue weighted by Gasteiger charge is -2.23. The Hall–Kier alpha value is -2.81. The van der Waals surface area contributed by atoms with E-state index >= 15 is 0 Å². The van der Waals surface area contributed by atoms with Crippen LogP contribution < -0.4 is 10.9 Å². The summed E-state index contributed by atoms with van der Waals surface area (Å²) in [6, 6.07) is 2.65. The molecule has 0 aliphatic carbocycles. The van der Waals surface area contributed by atoms with E-state index in [-0.39, 0.29) is 29.2 Å². The van der Waals surface area contributed by atoms with Gasteiger partial charge in [0.1, 0.15) is 5.52 Å². The van der Waals surface area contributed by atoms with Crippen LogP contribution in [0.2, 0.25) is 0 Å². The summed E-state index contributed by atoms with van der Waals surface area (Å²) in [5.41, 5.74) is 0.129. The Labute approximate surface area is 158 Å². The van der Waals surface area contributed by atoms with Gasteiger partial charge in [0.2, 0.25) is 0 Å². The number of pyridine rings is 2. The van der Waals surface area contributed by atoms with Crippen LogP contribution in [0, 0.1) is 0 Å². The number of piperidine rings is 1. The standard InChI is InChI=1S/C19H18F3N5O/c20-19(21,22)15-3-6-24-10-13(15)11-27-17-16(25-7-8-26-17)9-14(18(27)28)12-1-4-23-5-2-12/h3,6-10,12,23H,1-2,4-5,11H2. The minimum absolute atomic E-state index is 0.0439. The molecule has 1 saturated heterocycles. The Bertz CT molecular complexity index is 1060. The first-order valence-corrected chi connectivity index (χ1v) is 9.00. The van der Waals surface area contributed by atoms with Gasteiger partial charge in [-0.2, -0.15) is 13.2 Å². The Morgan fingerprint density at radius 2 is 1.89 bits per heavy atom. The second-order valence-corrected chi connectivity index (χ2v) is 6.81. The van der Waals surface area contributed by atoms with Gasteiger partial charge in [0.15, 0.2) is 5.65 Å². The van der Waals surface area contributed by atoms with Gasteiger partial charge >= 0.3 is 6.18 Å². The third kappa shape index (κ3) is 3.49. The van der Waals surface area contributed by atoms with Gasteiger partial charge in [-0.15, -0.1) is 0 Å². The fraction of sp³-hybridized carbons (Fsp3) is 0.368. The molecule has 146 valence electrons. The fourth-order valence-corrected chi connectivity index (χ4v) is 3.68. The van der Waals surface area contributed by atoms with E-state index in [2.05, 4.69) is 20.3 Å². The van der Waals surface area contributed by atoms with Crippen molar-refractivity contribution in [1.82, 2.24) is 24.8 Å². The maximum Gasteiger partial charge on any atom is 0.416 e. The Balaban J connectivity index is 1.87. The third-order valence-corrected chi connectivity index (χ3v) is 5.06. The van der Waals surface area contributed by atoms with E-state index in [0.29, 0.717) is 11.1 Å². The highest BCUT2D eigenvalue weighted by Gasteiger charge is 2.33. The quantitative estimate of drug-likeness (QED) is 0.746. The van der Waals surface area contributed by atoms with Crippen molar-refractivity contribution in [3.05, 3.63) is 64.0 Å². The van der Waals surface area contributed by atoms with Gasteiger partial charge in [-0.3, -0.25) is 19.3 Å². The normalized spacial score (nSPS) is 15.8. The number of hydrogen-bond donors (Lipinski definition) is 1. The average molecular weight is 389 g/mol. The molecule has 0 radical (unpaired) electrons. The summed E-state index contributed by atoms with van der Waals surface area (Å²) in [6.07, 6.45) is 2.23. The number of alkyl halides is 3. The topological polar surface area (TPSA) is 72.7 Å². The minimum atomic E-state index is -4.53. The van der Waals surface area contributed by atoms with Crippen LogP contribution in [0.15, 0.2) is 41.7 Å². The molecule has 0 spiro atoms. The lowest BCUT2D eigenvalue weighted by Crippen LogP contribution is -2.32. The van der Waals surface area contributed by atoms with Crippen molar-refractivity contribution in [2.45, 2.75) is 31.5 Å². The molecule has 3 aromatic heterocycles. The van der Waals surface area contributed by atoms with E-state index < -0.39 is 11.7 Å². The van der Waals surface area contributed by atoms with Crippen molar-refractivity contribution in [1.29, 1.82) is 0 Å². The number of fused-ring (bicyclic) bond motifs is 1. The molecule has 0 aromatic carbocycles. The number of nitrogens with one attached hydrogen (secondary N) is 1. The zero-order valence-corrected chi connectivity index (χ0v) is 14.9. The molecular formula is C19H18F3N5O. The van der Waals surface area contributed by atoms with E-state index in [9.17, 15) is 18.0 Å². The zero-order valence-electron chi connectivity index (χ0n) is 14.9.